The van der Waals surface area contributed by atoms with E-state index in [0.717, 1.165) is 0 Å². The van der Waals surface area contributed by atoms with Crippen molar-refractivity contribution in [2.24, 2.45) is 10.8 Å². The predicted octanol–water partition coefficient (Wildman–Crippen LogP) is 1.45. The molecular formula is C11H16FN3O. The Hall–Kier alpha value is -1.62. The minimum Gasteiger partial charge on any atom is -0.496 e. The summed E-state index contributed by atoms with van der Waals surface area (Å²) < 4.78 is 18.7. The normalized spacial score (nSPS) is 11.8. The van der Waals surface area contributed by atoms with E-state index in [0.29, 0.717) is 5.75 Å². The molecule has 0 aliphatic heterocycles. The topological polar surface area (TPSA) is 59.6 Å². The molecule has 0 aromatic heterocycles. The molecular weight excluding hydrogens is 209 g/mol. The summed E-state index contributed by atoms with van der Waals surface area (Å²) >= 11 is 0. The van der Waals surface area contributed by atoms with E-state index in [2.05, 4.69) is 10.4 Å². The molecule has 3 N–H and O–H groups in total. The largest absolute Gasteiger partial charge is 0.496 e. The molecule has 0 spiro atoms. The Kier molecular flexibility index (Phi) is 4.25. The van der Waals surface area contributed by atoms with Crippen molar-refractivity contribution in [2.75, 3.05) is 7.11 Å². The van der Waals surface area contributed by atoms with Crippen LogP contribution in [0.1, 0.15) is 19.4 Å². The average molecular weight is 225 g/mol. The molecule has 0 aliphatic carbocycles. The van der Waals surface area contributed by atoms with Gasteiger partial charge in [0.2, 0.25) is 0 Å². The second kappa shape index (κ2) is 5.46. The number of methoxy groups -OCH3 is 1. The quantitative estimate of drug-likeness (QED) is 0.354. The van der Waals surface area contributed by atoms with Crippen LogP contribution in [0.15, 0.2) is 23.2 Å². The van der Waals surface area contributed by atoms with E-state index in [4.69, 9.17) is 10.6 Å². The lowest BCUT2D eigenvalue weighted by Crippen LogP contribution is -2.33. The summed E-state index contributed by atoms with van der Waals surface area (Å²) in [5.74, 6) is 5.61. The van der Waals surface area contributed by atoms with E-state index in [1.54, 1.807) is 12.1 Å². The Balaban J connectivity index is 3.28. The maximum Gasteiger partial charge on any atom is 0.149 e. The predicted molar refractivity (Wildman–Crippen MR) is 61.9 cm³/mol. The van der Waals surface area contributed by atoms with Gasteiger partial charge in [0.1, 0.15) is 17.4 Å². The first-order valence-corrected chi connectivity index (χ1v) is 4.97. The smallest absolute Gasteiger partial charge is 0.149 e. The third-order valence-electron chi connectivity index (χ3n) is 1.96. The van der Waals surface area contributed by atoms with Crippen LogP contribution < -0.4 is 16.0 Å². The van der Waals surface area contributed by atoms with E-state index in [9.17, 15) is 4.39 Å². The van der Waals surface area contributed by atoms with Gasteiger partial charge in [-0.1, -0.05) is 6.07 Å². The molecule has 0 aliphatic rings. The zero-order valence-corrected chi connectivity index (χ0v) is 9.62. The number of halogens is 1. The van der Waals surface area contributed by atoms with Crippen molar-refractivity contribution in [3.8, 4) is 5.75 Å². The summed E-state index contributed by atoms with van der Waals surface area (Å²) in [4.78, 5) is 4.20. The second-order valence-electron chi connectivity index (χ2n) is 3.53. The number of hydrazine groups is 1. The number of nitrogens with two attached hydrogens (primary N) is 1. The summed E-state index contributed by atoms with van der Waals surface area (Å²) in [7, 11) is 1.47. The third kappa shape index (κ3) is 2.70. The minimum absolute atomic E-state index is 0.00959. The van der Waals surface area contributed by atoms with Crippen LogP contribution in [0, 0.1) is 5.82 Å². The molecule has 0 amide bonds. The lowest BCUT2D eigenvalue weighted by atomic mass is 10.1. The molecule has 88 valence electrons. The zero-order chi connectivity index (χ0) is 12.1. The first-order chi connectivity index (χ1) is 7.60. The Labute approximate surface area is 94.3 Å². The van der Waals surface area contributed by atoms with Gasteiger partial charge in [0.05, 0.1) is 12.7 Å². The van der Waals surface area contributed by atoms with Crippen molar-refractivity contribution in [3.63, 3.8) is 0 Å². The molecule has 1 aromatic carbocycles. The molecule has 0 heterocycles. The number of rotatable bonds is 3. The van der Waals surface area contributed by atoms with Crippen LogP contribution in [0.3, 0.4) is 0 Å². The Morgan fingerprint density at radius 2 is 2.19 bits per heavy atom. The van der Waals surface area contributed by atoms with E-state index >= 15 is 0 Å². The molecule has 0 bridgehead atoms. The molecule has 0 fully saturated rings. The van der Waals surface area contributed by atoms with Crippen molar-refractivity contribution in [1.82, 2.24) is 5.43 Å². The molecule has 0 radical (unpaired) electrons. The van der Waals surface area contributed by atoms with Gasteiger partial charge in [0, 0.05) is 6.04 Å². The van der Waals surface area contributed by atoms with Gasteiger partial charge in [-0.2, -0.15) is 0 Å². The molecule has 0 atom stereocenters. The Morgan fingerprint density at radius 1 is 1.50 bits per heavy atom. The number of hydrogen-bond acceptors (Lipinski definition) is 3. The molecule has 5 heteroatoms. The number of aliphatic imine (C=N–C) groups is 1. The maximum atomic E-state index is 13.7. The van der Waals surface area contributed by atoms with Gasteiger partial charge in [0.25, 0.3) is 0 Å². The highest BCUT2D eigenvalue weighted by Gasteiger charge is 2.14. The van der Waals surface area contributed by atoms with Crippen LogP contribution in [-0.2, 0) is 0 Å². The van der Waals surface area contributed by atoms with Gasteiger partial charge >= 0.3 is 0 Å². The van der Waals surface area contributed by atoms with Crippen molar-refractivity contribution in [3.05, 3.63) is 29.6 Å². The van der Waals surface area contributed by atoms with Gasteiger partial charge in [-0.05, 0) is 26.0 Å². The molecule has 0 saturated carbocycles. The lowest BCUT2D eigenvalue weighted by molar-refractivity contribution is 0.410. The van der Waals surface area contributed by atoms with E-state index in [1.807, 2.05) is 13.8 Å². The fourth-order valence-corrected chi connectivity index (χ4v) is 1.34. The van der Waals surface area contributed by atoms with Crippen molar-refractivity contribution in [1.29, 1.82) is 0 Å². The third-order valence-corrected chi connectivity index (χ3v) is 1.96. The fraction of sp³-hybridized carbons (Fsp3) is 0.364. The Bertz CT molecular complexity index is 391. The number of nitrogens with one attached hydrogen (secondary N) is 1. The van der Waals surface area contributed by atoms with Gasteiger partial charge in [-0.15, -0.1) is 0 Å². The number of benzene rings is 1. The summed E-state index contributed by atoms with van der Waals surface area (Å²) in [5, 5.41) is 0. The highest BCUT2D eigenvalue weighted by atomic mass is 19.1. The van der Waals surface area contributed by atoms with Crippen LogP contribution in [0.2, 0.25) is 0 Å². The summed E-state index contributed by atoms with van der Waals surface area (Å²) in [6.45, 7) is 3.76. The van der Waals surface area contributed by atoms with E-state index in [1.165, 1.54) is 13.2 Å². The van der Waals surface area contributed by atoms with Crippen LogP contribution >= 0.6 is 0 Å². The standard InChI is InChI=1S/C11H16FN3O/c1-7(2)14-11(15-13)10-8(12)5-4-6-9(10)16-3/h4-7H,13H2,1-3H3,(H,14,15). The number of hydrogen-bond donors (Lipinski definition) is 2. The minimum atomic E-state index is -0.420. The lowest BCUT2D eigenvalue weighted by Gasteiger charge is -2.12. The van der Waals surface area contributed by atoms with E-state index < -0.39 is 5.82 Å². The van der Waals surface area contributed by atoms with Crippen molar-refractivity contribution < 1.29 is 9.13 Å². The monoisotopic (exact) mass is 225 g/mol. The van der Waals surface area contributed by atoms with Crippen molar-refractivity contribution >= 4 is 5.84 Å². The number of amidine groups is 1. The summed E-state index contributed by atoms with van der Waals surface area (Å²) in [5.41, 5.74) is 2.65. The first-order valence-electron chi connectivity index (χ1n) is 4.97. The molecule has 1 aromatic rings. The van der Waals surface area contributed by atoms with Gasteiger partial charge in [0.15, 0.2) is 0 Å². The highest BCUT2D eigenvalue weighted by molar-refractivity contribution is 6.01. The average Bonchev–Trinajstić information content (AvgIpc) is 2.25. The molecule has 4 nitrogen and oxygen atoms in total. The summed E-state index contributed by atoms with van der Waals surface area (Å²) in [6, 6.07) is 4.58. The zero-order valence-electron chi connectivity index (χ0n) is 9.62. The fourth-order valence-electron chi connectivity index (χ4n) is 1.34. The molecule has 0 unspecified atom stereocenters. The van der Waals surface area contributed by atoms with Crippen LogP contribution in [0.5, 0.6) is 5.75 Å². The molecule has 1 rings (SSSR count). The van der Waals surface area contributed by atoms with Crippen LogP contribution in [0.4, 0.5) is 4.39 Å². The molecule has 16 heavy (non-hydrogen) atoms. The van der Waals surface area contributed by atoms with Crippen LogP contribution in [-0.4, -0.2) is 19.0 Å². The number of ether oxygens (including phenoxy) is 1. The molecule has 0 saturated heterocycles. The van der Waals surface area contributed by atoms with E-state index in [-0.39, 0.29) is 17.4 Å². The summed E-state index contributed by atoms with van der Waals surface area (Å²) in [6.07, 6.45) is 0. The number of nitrogens with zero attached hydrogens (tertiary/aromatic N) is 1. The first kappa shape index (κ1) is 12.4. The van der Waals surface area contributed by atoms with Gasteiger partial charge in [-0.3, -0.25) is 4.99 Å². The van der Waals surface area contributed by atoms with Gasteiger partial charge < -0.3 is 10.2 Å². The SMILES string of the molecule is COc1cccc(F)c1C(=NC(C)C)NN. The van der Waals surface area contributed by atoms with Crippen LogP contribution in [0.25, 0.3) is 0 Å². The van der Waals surface area contributed by atoms with Crippen molar-refractivity contribution in [2.45, 2.75) is 19.9 Å². The second-order valence-corrected chi connectivity index (χ2v) is 3.53. The highest BCUT2D eigenvalue weighted by Crippen LogP contribution is 2.21. The maximum absolute atomic E-state index is 13.7. The Morgan fingerprint density at radius 3 is 2.69 bits per heavy atom. The van der Waals surface area contributed by atoms with Gasteiger partial charge in [-0.25, -0.2) is 10.2 Å².